The average Bonchev–Trinajstić information content (AvgIpc) is 2.93. The largest absolute Gasteiger partial charge is 0.480 e. The lowest BCUT2D eigenvalue weighted by atomic mass is 10.2. The van der Waals surface area contributed by atoms with E-state index in [1.54, 1.807) is 6.33 Å². The first kappa shape index (κ1) is 16.5. The van der Waals surface area contributed by atoms with Crippen LogP contribution >= 0.6 is 0 Å². The summed E-state index contributed by atoms with van der Waals surface area (Å²) in [6, 6.07) is 7.13. The van der Waals surface area contributed by atoms with Crippen molar-refractivity contribution in [1.29, 1.82) is 0 Å². The van der Waals surface area contributed by atoms with E-state index in [1.165, 1.54) is 0 Å². The molecule has 0 aliphatic carbocycles. The van der Waals surface area contributed by atoms with E-state index in [2.05, 4.69) is 29.0 Å². The number of fused-ring (bicyclic) bond motifs is 1. The van der Waals surface area contributed by atoms with Crippen LogP contribution in [-0.2, 0) is 11.3 Å². The molecular formula is C16H24N4O2. The second kappa shape index (κ2) is 7.91. The first-order valence-corrected chi connectivity index (χ1v) is 7.74. The first-order valence-electron chi connectivity index (χ1n) is 7.74. The number of nitrogens with one attached hydrogen (secondary N) is 1. The van der Waals surface area contributed by atoms with Crippen LogP contribution in [-0.4, -0.2) is 57.7 Å². The molecule has 2 N–H and O–H groups in total. The zero-order valence-corrected chi connectivity index (χ0v) is 13.2. The van der Waals surface area contributed by atoms with E-state index in [1.807, 2.05) is 28.8 Å². The molecule has 0 bridgehead atoms. The highest BCUT2D eigenvalue weighted by Gasteiger charge is 2.18. The third-order valence-electron chi connectivity index (χ3n) is 3.92. The van der Waals surface area contributed by atoms with Crippen molar-refractivity contribution in [3.8, 4) is 0 Å². The standard InChI is InChI=1S/C16H24N4O2/c1-3-19(4-2)10-9-17-14(16(21)22)11-20-12-18-13-7-5-6-8-15(13)20/h5-8,12,14,17H,3-4,9-11H2,1-2H3,(H,21,22). The van der Waals surface area contributed by atoms with E-state index in [9.17, 15) is 9.90 Å². The summed E-state index contributed by atoms with van der Waals surface area (Å²) in [6.45, 7) is 8.04. The van der Waals surface area contributed by atoms with Crippen molar-refractivity contribution in [2.24, 2.45) is 0 Å². The monoisotopic (exact) mass is 304 g/mol. The highest BCUT2D eigenvalue weighted by molar-refractivity contribution is 5.76. The molecule has 0 saturated carbocycles. The fourth-order valence-corrected chi connectivity index (χ4v) is 2.52. The Morgan fingerprint density at radius 3 is 2.77 bits per heavy atom. The molecule has 0 spiro atoms. The number of likely N-dealkylation sites (N-methyl/N-ethyl adjacent to an activating group) is 1. The van der Waals surface area contributed by atoms with Gasteiger partial charge >= 0.3 is 5.97 Å². The molecule has 1 aromatic carbocycles. The molecule has 0 aliphatic rings. The molecule has 1 unspecified atom stereocenters. The SMILES string of the molecule is CCN(CC)CCNC(Cn1cnc2ccccc21)C(=O)O. The number of carbonyl (C=O) groups is 1. The van der Waals surface area contributed by atoms with Crippen molar-refractivity contribution in [1.82, 2.24) is 19.8 Å². The number of benzene rings is 1. The Morgan fingerprint density at radius 2 is 2.09 bits per heavy atom. The van der Waals surface area contributed by atoms with Crippen LogP contribution in [0.15, 0.2) is 30.6 Å². The summed E-state index contributed by atoms with van der Waals surface area (Å²) in [6.07, 6.45) is 1.70. The summed E-state index contributed by atoms with van der Waals surface area (Å²) in [7, 11) is 0. The number of carboxylic acids is 1. The third kappa shape index (κ3) is 4.05. The van der Waals surface area contributed by atoms with Crippen molar-refractivity contribution in [3.63, 3.8) is 0 Å². The number of aliphatic carboxylic acids is 1. The van der Waals surface area contributed by atoms with Crippen LogP contribution in [0.4, 0.5) is 0 Å². The first-order chi connectivity index (χ1) is 10.7. The van der Waals surface area contributed by atoms with Gasteiger partial charge in [0.2, 0.25) is 0 Å². The minimum atomic E-state index is -0.836. The van der Waals surface area contributed by atoms with E-state index in [0.29, 0.717) is 13.1 Å². The second-order valence-electron chi connectivity index (χ2n) is 5.26. The molecule has 0 saturated heterocycles. The Balaban J connectivity index is 1.98. The molecule has 1 atom stereocenters. The van der Waals surface area contributed by atoms with E-state index in [-0.39, 0.29) is 0 Å². The fraction of sp³-hybridized carbons (Fsp3) is 0.500. The van der Waals surface area contributed by atoms with Crippen molar-refractivity contribution >= 4 is 17.0 Å². The maximum atomic E-state index is 11.5. The molecule has 120 valence electrons. The minimum Gasteiger partial charge on any atom is -0.480 e. The van der Waals surface area contributed by atoms with Crippen molar-refractivity contribution in [2.75, 3.05) is 26.2 Å². The zero-order chi connectivity index (χ0) is 15.9. The summed E-state index contributed by atoms with van der Waals surface area (Å²) in [5.41, 5.74) is 1.84. The minimum absolute atomic E-state index is 0.369. The van der Waals surface area contributed by atoms with Crippen molar-refractivity contribution < 1.29 is 9.90 Å². The van der Waals surface area contributed by atoms with Gasteiger partial charge in [0.15, 0.2) is 0 Å². The van der Waals surface area contributed by atoms with Crippen LogP contribution in [0.5, 0.6) is 0 Å². The molecule has 2 rings (SSSR count). The maximum absolute atomic E-state index is 11.5. The Labute approximate surface area is 130 Å². The van der Waals surface area contributed by atoms with Crippen LogP contribution in [0.1, 0.15) is 13.8 Å². The topological polar surface area (TPSA) is 70.4 Å². The Kier molecular flexibility index (Phi) is 5.91. The lowest BCUT2D eigenvalue weighted by molar-refractivity contribution is -0.139. The molecular weight excluding hydrogens is 280 g/mol. The van der Waals surface area contributed by atoms with Crippen molar-refractivity contribution in [2.45, 2.75) is 26.4 Å². The van der Waals surface area contributed by atoms with Crippen LogP contribution < -0.4 is 5.32 Å². The molecule has 1 heterocycles. The number of rotatable bonds is 9. The fourth-order valence-electron chi connectivity index (χ4n) is 2.52. The highest BCUT2D eigenvalue weighted by atomic mass is 16.4. The summed E-state index contributed by atoms with van der Waals surface area (Å²) >= 11 is 0. The highest BCUT2D eigenvalue weighted by Crippen LogP contribution is 2.12. The number of para-hydroxylation sites is 2. The molecule has 22 heavy (non-hydrogen) atoms. The molecule has 0 amide bonds. The summed E-state index contributed by atoms with van der Waals surface area (Å²) in [5, 5.41) is 12.5. The van der Waals surface area contributed by atoms with Gasteiger partial charge in [0, 0.05) is 13.1 Å². The smallest absolute Gasteiger partial charge is 0.322 e. The number of hydrogen-bond donors (Lipinski definition) is 2. The Bertz CT molecular complexity index is 607. The van der Waals surface area contributed by atoms with Crippen LogP contribution in [0.3, 0.4) is 0 Å². The van der Waals surface area contributed by atoms with Gasteiger partial charge in [-0.15, -0.1) is 0 Å². The van der Waals surface area contributed by atoms with Gasteiger partial charge < -0.3 is 19.9 Å². The number of nitrogens with zero attached hydrogens (tertiary/aromatic N) is 3. The normalized spacial score (nSPS) is 12.9. The molecule has 1 aromatic heterocycles. The van der Waals surface area contributed by atoms with Crippen LogP contribution in [0.2, 0.25) is 0 Å². The number of aromatic nitrogens is 2. The van der Waals surface area contributed by atoms with Crippen molar-refractivity contribution in [3.05, 3.63) is 30.6 Å². The predicted octanol–water partition coefficient (Wildman–Crippen LogP) is 1.42. The van der Waals surface area contributed by atoms with Gasteiger partial charge in [-0.25, -0.2) is 4.98 Å². The van der Waals surface area contributed by atoms with Gasteiger partial charge in [0.05, 0.1) is 23.9 Å². The zero-order valence-electron chi connectivity index (χ0n) is 13.2. The molecule has 2 aromatic rings. The quantitative estimate of drug-likeness (QED) is 0.733. The van der Waals surface area contributed by atoms with E-state index in [4.69, 9.17) is 0 Å². The Hall–Kier alpha value is -1.92. The van der Waals surface area contributed by atoms with E-state index in [0.717, 1.165) is 30.7 Å². The lowest BCUT2D eigenvalue weighted by Crippen LogP contribution is -2.43. The predicted molar refractivity (Wildman–Crippen MR) is 86.9 cm³/mol. The summed E-state index contributed by atoms with van der Waals surface area (Å²) < 4.78 is 1.89. The molecule has 6 heteroatoms. The Morgan fingerprint density at radius 1 is 1.36 bits per heavy atom. The molecule has 6 nitrogen and oxygen atoms in total. The number of hydrogen-bond acceptors (Lipinski definition) is 4. The number of carboxylic acid groups (broad SMARTS) is 1. The van der Waals surface area contributed by atoms with Crippen LogP contribution in [0.25, 0.3) is 11.0 Å². The lowest BCUT2D eigenvalue weighted by Gasteiger charge is -2.20. The van der Waals surface area contributed by atoms with Gasteiger partial charge in [-0.2, -0.15) is 0 Å². The van der Waals surface area contributed by atoms with Gasteiger partial charge in [-0.3, -0.25) is 4.79 Å². The molecule has 0 radical (unpaired) electrons. The molecule has 0 fully saturated rings. The van der Waals surface area contributed by atoms with Crippen LogP contribution in [0, 0.1) is 0 Å². The molecule has 0 aliphatic heterocycles. The van der Waals surface area contributed by atoms with Gasteiger partial charge in [0.25, 0.3) is 0 Å². The van der Waals surface area contributed by atoms with E-state index < -0.39 is 12.0 Å². The summed E-state index contributed by atoms with van der Waals surface area (Å²) in [4.78, 5) is 18.0. The second-order valence-corrected chi connectivity index (χ2v) is 5.26. The third-order valence-corrected chi connectivity index (χ3v) is 3.92. The van der Waals surface area contributed by atoms with E-state index >= 15 is 0 Å². The average molecular weight is 304 g/mol. The number of imidazole rings is 1. The van der Waals surface area contributed by atoms with Gasteiger partial charge in [-0.1, -0.05) is 26.0 Å². The summed E-state index contributed by atoms with van der Waals surface area (Å²) in [5.74, 6) is -0.836. The maximum Gasteiger partial charge on any atom is 0.322 e. The van der Waals surface area contributed by atoms with Gasteiger partial charge in [0.1, 0.15) is 6.04 Å². The van der Waals surface area contributed by atoms with Gasteiger partial charge in [-0.05, 0) is 25.2 Å².